The van der Waals surface area contributed by atoms with Crippen LogP contribution in [0.25, 0.3) is 0 Å². The second-order valence-electron chi connectivity index (χ2n) is 4.91. The lowest BCUT2D eigenvalue weighted by Gasteiger charge is -2.26. The van der Waals surface area contributed by atoms with E-state index in [1.165, 1.54) is 17.7 Å². The third kappa shape index (κ3) is 3.47. The maximum atomic E-state index is 5.43. The van der Waals surface area contributed by atoms with Crippen molar-refractivity contribution in [2.75, 3.05) is 38.7 Å². The lowest BCUT2D eigenvalue weighted by molar-refractivity contribution is 0.108. The van der Waals surface area contributed by atoms with E-state index in [0.29, 0.717) is 6.04 Å². The van der Waals surface area contributed by atoms with Crippen LogP contribution in [-0.2, 0) is 11.2 Å². The third-order valence-electron chi connectivity index (χ3n) is 3.71. The number of hydrogen-bond acceptors (Lipinski definition) is 3. The van der Waals surface area contributed by atoms with Crippen LogP contribution in [0, 0.1) is 0 Å². The van der Waals surface area contributed by atoms with Gasteiger partial charge in [-0.3, -0.25) is 4.90 Å². The van der Waals surface area contributed by atoms with Crippen molar-refractivity contribution in [1.82, 2.24) is 4.90 Å². The third-order valence-corrected chi connectivity index (χ3v) is 3.71. The van der Waals surface area contributed by atoms with Crippen LogP contribution in [0.3, 0.4) is 0 Å². The lowest BCUT2D eigenvalue weighted by Crippen LogP contribution is -2.38. The molecule has 0 bridgehead atoms. The van der Waals surface area contributed by atoms with Gasteiger partial charge >= 0.3 is 0 Å². The molecule has 1 aromatic carbocycles. The molecule has 1 atom stereocenters. The molecule has 1 unspecified atom stereocenters. The fourth-order valence-electron chi connectivity index (χ4n) is 2.47. The fraction of sp³-hybridized carbons (Fsp3) is 0.600. The Morgan fingerprint density at radius 2 is 2.22 bits per heavy atom. The summed E-state index contributed by atoms with van der Waals surface area (Å²) in [6, 6.07) is 9.23. The van der Waals surface area contributed by atoms with E-state index in [0.717, 1.165) is 32.7 Å². The van der Waals surface area contributed by atoms with Crippen molar-refractivity contribution in [3.63, 3.8) is 0 Å². The molecule has 1 heterocycles. The van der Waals surface area contributed by atoms with E-state index in [-0.39, 0.29) is 0 Å². The van der Waals surface area contributed by atoms with Crippen LogP contribution in [0.1, 0.15) is 18.9 Å². The molecule has 0 aliphatic carbocycles. The molecule has 3 nitrogen and oxygen atoms in total. The first-order chi connectivity index (χ1) is 8.81. The molecule has 0 aromatic heterocycles. The predicted octanol–water partition coefficient (Wildman–Crippen LogP) is 2.38. The van der Waals surface area contributed by atoms with Gasteiger partial charge in [-0.15, -0.1) is 0 Å². The molecule has 3 heteroatoms. The highest BCUT2D eigenvalue weighted by atomic mass is 16.5. The average Bonchev–Trinajstić information content (AvgIpc) is 2.61. The Kier molecular flexibility index (Phi) is 5.02. The first-order valence-electron chi connectivity index (χ1n) is 6.91. The average molecular weight is 248 g/mol. The normalized spacial score (nSPS) is 19.2. The summed E-state index contributed by atoms with van der Waals surface area (Å²) < 4.78 is 5.43. The Hall–Kier alpha value is -1.06. The van der Waals surface area contributed by atoms with Crippen LogP contribution in [0.5, 0.6) is 0 Å². The van der Waals surface area contributed by atoms with Crippen LogP contribution in [-0.4, -0.2) is 44.3 Å². The number of nitrogens with one attached hydrogen (secondary N) is 1. The molecule has 0 fully saturated rings. The monoisotopic (exact) mass is 248 g/mol. The number of rotatable bonds is 5. The first-order valence-corrected chi connectivity index (χ1v) is 6.91. The van der Waals surface area contributed by atoms with E-state index in [1.54, 1.807) is 0 Å². The molecule has 0 amide bonds. The Morgan fingerprint density at radius 1 is 1.39 bits per heavy atom. The number of likely N-dealkylation sites (N-methyl/N-ethyl adjacent to an activating group) is 1. The Balaban J connectivity index is 1.87. The Bertz CT molecular complexity index is 340. The summed E-state index contributed by atoms with van der Waals surface area (Å²) in [6.45, 7) is 5.72. The number of hydrogen-bond donors (Lipinski definition) is 1. The number of anilines is 1. The summed E-state index contributed by atoms with van der Waals surface area (Å²) in [7, 11) is 2.20. The number of fused-ring (bicyclic) bond motifs is 1. The molecule has 0 radical (unpaired) electrons. The van der Waals surface area contributed by atoms with Crippen molar-refractivity contribution >= 4 is 5.69 Å². The molecule has 2 rings (SSSR count). The van der Waals surface area contributed by atoms with E-state index in [2.05, 4.69) is 41.5 Å². The zero-order chi connectivity index (χ0) is 12.8. The van der Waals surface area contributed by atoms with Gasteiger partial charge in [-0.2, -0.15) is 0 Å². The van der Waals surface area contributed by atoms with Crippen molar-refractivity contribution in [3.05, 3.63) is 29.8 Å². The van der Waals surface area contributed by atoms with Gasteiger partial charge in [0.15, 0.2) is 0 Å². The van der Waals surface area contributed by atoms with Crippen LogP contribution in [0.4, 0.5) is 5.69 Å². The second-order valence-corrected chi connectivity index (χ2v) is 4.91. The topological polar surface area (TPSA) is 24.5 Å². The summed E-state index contributed by atoms with van der Waals surface area (Å²) in [4.78, 5) is 2.41. The highest BCUT2D eigenvalue weighted by molar-refractivity contribution is 5.52. The number of ether oxygens (including phenoxy) is 1. The van der Waals surface area contributed by atoms with Gasteiger partial charge in [-0.25, -0.2) is 0 Å². The quantitative estimate of drug-likeness (QED) is 0.810. The summed E-state index contributed by atoms with van der Waals surface area (Å²) >= 11 is 0. The molecule has 0 saturated heterocycles. The van der Waals surface area contributed by atoms with Gasteiger partial charge in [0.1, 0.15) is 0 Å². The highest BCUT2D eigenvalue weighted by Crippen LogP contribution is 2.22. The summed E-state index contributed by atoms with van der Waals surface area (Å²) in [5, 5.41) is 3.56. The van der Waals surface area contributed by atoms with Crippen LogP contribution < -0.4 is 5.32 Å². The van der Waals surface area contributed by atoms with Crippen molar-refractivity contribution in [1.29, 1.82) is 0 Å². The van der Waals surface area contributed by atoms with E-state index in [1.807, 2.05) is 6.92 Å². The van der Waals surface area contributed by atoms with Crippen molar-refractivity contribution < 1.29 is 4.74 Å². The van der Waals surface area contributed by atoms with E-state index in [9.17, 15) is 0 Å². The predicted molar refractivity (Wildman–Crippen MR) is 76.2 cm³/mol. The van der Waals surface area contributed by atoms with E-state index in [4.69, 9.17) is 4.74 Å². The zero-order valence-corrected chi connectivity index (χ0v) is 11.5. The summed E-state index contributed by atoms with van der Waals surface area (Å²) in [6.07, 6.45) is 2.37. The number of benzene rings is 1. The summed E-state index contributed by atoms with van der Waals surface area (Å²) in [5.41, 5.74) is 2.75. The molecule has 1 aliphatic rings. The van der Waals surface area contributed by atoms with Crippen molar-refractivity contribution in [2.24, 2.45) is 0 Å². The van der Waals surface area contributed by atoms with Gasteiger partial charge in [0.25, 0.3) is 0 Å². The minimum Gasteiger partial charge on any atom is -0.383 e. The lowest BCUT2D eigenvalue weighted by atomic mass is 10.1. The molecule has 0 spiro atoms. The van der Waals surface area contributed by atoms with Gasteiger partial charge in [-0.05, 0) is 38.4 Å². The Labute approximate surface area is 110 Å². The maximum absolute atomic E-state index is 5.43. The Morgan fingerprint density at radius 3 is 3.06 bits per heavy atom. The SMILES string of the molecule is CCOCCN(C)C1CCc2ccccc2NC1. The van der Waals surface area contributed by atoms with Crippen LogP contribution in [0.15, 0.2) is 24.3 Å². The highest BCUT2D eigenvalue weighted by Gasteiger charge is 2.18. The molecule has 1 aromatic rings. The van der Waals surface area contributed by atoms with Crippen molar-refractivity contribution in [2.45, 2.75) is 25.8 Å². The van der Waals surface area contributed by atoms with Crippen LogP contribution in [0.2, 0.25) is 0 Å². The molecule has 100 valence electrons. The molecule has 1 aliphatic heterocycles. The van der Waals surface area contributed by atoms with Crippen LogP contribution >= 0.6 is 0 Å². The molecule has 0 saturated carbocycles. The standard InChI is InChI=1S/C15H24N2O/c1-3-18-11-10-17(2)14-9-8-13-6-4-5-7-15(13)16-12-14/h4-7,14,16H,3,8-12H2,1-2H3. The summed E-state index contributed by atoms with van der Waals surface area (Å²) in [5.74, 6) is 0. The number of para-hydroxylation sites is 1. The smallest absolute Gasteiger partial charge is 0.0593 e. The minimum absolute atomic E-state index is 0.595. The van der Waals surface area contributed by atoms with Gasteiger partial charge in [-0.1, -0.05) is 18.2 Å². The molecule has 1 N–H and O–H groups in total. The second kappa shape index (κ2) is 6.76. The van der Waals surface area contributed by atoms with Gasteiger partial charge in [0.05, 0.1) is 6.61 Å². The van der Waals surface area contributed by atoms with E-state index >= 15 is 0 Å². The molecular formula is C15H24N2O. The number of nitrogens with zero attached hydrogens (tertiary/aromatic N) is 1. The maximum Gasteiger partial charge on any atom is 0.0593 e. The molecule has 18 heavy (non-hydrogen) atoms. The largest absolute Gasteiger partial charge is 0.383 e. The van der Waals surface area contributed by atoms with Gasteiger partial charge in [0.2, 0.25) is 0 Å². The minimum atomic E-state index is 0.595. The first kappa shape index (κ1) is 13.4. The molecular weight excluding hydrogens is 224 g/mol. The van der Waals surface area contributed by atoms with E-state index < -0.39 is 0 Å². The number of aryl methyl sites for hydroxylation is 1. The fourth-order valence-corrected chi connectivity index (χ4v) is 2.47. The van der Waals surface area contributed by atoms with Gasteiger partial charge < -0.3 is 10.1 Å². The zero-order valence-electron chi connectivity index (χ0n) is 11.5. The van der Waals surface area contributed by atoms with Crippen molar-refractivity contribution in [3.8, 4) is 0 Å². The van der Waals surface area contributed by atoms with Gasteiger partial charge in [0, 0.05) is 31.4 Å².